The zero-order valence-electron chi connectivity index (χ0n) is 15.0. The van der Waals surface area contributed by atoms with Crippen LogP contribution in [0.1, 0.15) is 11.5 Å². The van der Waals surface area contributed by atoms with Gasteiger partial charge in [-0.15, -0.1) is 5.10 Å². The highest BCUT2D eigenvalue weighted by molar-refractivity contribution is 5.89. The summed E-state index contributed by atoms with van der Waals surface area (Å²) in [5.74, 6) is 2.03. The summed E-state index contributed by atoms with van der Waals surface area (Å²) in [6.45, 7) is -0.178. The number of nitrogens with one attached hydrogen (secondary N) is 1. The molecule has 0 saturated carbocycles. The van der Waals surface area contributed by atoms with Gasteiger partial charge in [-0.25, -0.2) is 0 Å². The van der Waals surface area contributed by atoms with Crippen LogP contribution in [0.3, 0.4) is 0 Å². The molecule has 0 atom stereocenters. The smallest absolute Gasteiger partial charge is 0.322 e. The predicted molar refractivity (Wildman–Crippen MR) is 97.2 cm³/mol. The van der Waals surface area contributed by atoms with E-state index in [9.17, 15) is 4.79 Å². The summed E-state index contributed by atoms with van der Waals surface area (Å²) < 4.78 is 21.0. The molecule has 0 aliphatic heterocycles. The predicted octanol–water partition coefficient (Wildman–Crippen LogP) is 2.70. The highest BCUT2D eigenvalue weighted by Crippen LogP contribution is 2.17. The van der Waals surface area contributed by atoms with Crippen LogP contribution in [0.4, 0.5) is 6.01 Å². The Morgan fingerprint density at radius 2 is 1.52 bits per heavy atom. The molecule has 0 aliphatic carbocycles. The Morgan fingerprint density at radius 3 is 2.15 bits per heavy atom. The third-order valence-electron chi connectivity index (χ3n) is 3.66. The van der Waals surface area contributed by atoms with Gasteiger partial charge >= 0.3 is 6.01 Å². The summed E-state index contributed by atoms with van der Waals surface area (Å²) in [5.41, 5.74) is 0.986. The quantitative estimate of drug-likeness (QED) is 0.652. The van der Waals surface area contributed by atoms with E-state index in [-0.39, 0.29) is 12.6 Å². The Balaban J connectivity index is 1.49. The highest BCUT2D eigenvalue weighted by atomic mass is 16.5. The number of rotatable bonds is 8. The molecule has 140 valence electrons. The molecule has 0 aliphatic rings. The Morgan fingerprint density at radius 1 is 0.926 bits per heavy atom. The lowest BCUT2D eigenvalue weighted by molar-refractivity contribution is -0.118. The van der Waals surface area contributed by atoms with Crippen molar-refractivity contribution >= 4 is 11.9 Å². The first-order chi connectivity index (χ1) is 13.2. The zero-order valence-corrected chi connectivity index (χ0v) is 15.0. The van der Waals surface area contributed by atoms with Crippen molar-refractivity contribution in [1.82, 2.24) is 10.2 Å². The molecule has 1 amide bonds. The number of carbonyl (C=O) groups excluding carboxylic acids is 1. The minimum Gasteiger partial charge on any atom is -0.497 e. The molecule has 0 spiro atoms. The van der Waals surface area contributed by atoms with E-state index in [1.54, 1.807) is 38.5 Å². The van der Waals surface area contributed by atoms with Crippen molar-refractivity contribution in [3.63, 3.8) is 0 Å². The van der Waals surface area contributed by atoms with Crippen molar-refractivity contribution in [2.24, 2.45) is 0 Å². The topological polar surface area (TPSA) is 95.7 Å². The normalized spacial score (nSPS) is 10.3. The molecule has 1 N–H and O–H groups in total. The molecule has 2 aromatic carbocycles. The van der Waals surface area contributed by atoms with Gasteiger partial charge in [0.15, 0.2) is 6.61 Å². The van der Waals surface area contributed by atoms with Crippen LogP contribution in [0.15, 0.2) is 52.9 Å². The molecule has 0 radical (unpaired) electrons. The summed E-state index contributed by atoms with van der Waals surface area (Å²) in [5, 5.41) is 10.3. The van der Waals surface area contributed by atoms with Crippen LogP contribution in [0.5, 0.6) is 17.2 Å². The van der Waals surface area contributed by atoms with Crippen LogP contribution in [0.2, 0.25) is 0 Å². The van der Waals surface area contributed by atoms with Crippen LogP contribution in [-0.4, -0.2) is 36.9 Å². The number of aromatic nitrogens is 2. The number of ether oxygens (including phenoxy) is 3. The molecule has 8 heteroatoms. The molecule has 0 unspecified atom stereocenters. The number of methoxy groups -OCH3 is 2. The molecule has 0 fully saturated rings. The molecule has 0 saturated heterocycles. The Labute approximate surface area is 156 Å². The SMILES string of the molecule is COc1ccc(Cc2nnc(NC(=O)COc3ccc(OC)cc3)o2)cc1. The van der Waals surface area contributed by atoms with Crippen molar-refractivity contribution in [3.8, 4) is 17.2 Å². The maximum absolute atomic E-state index is 11.9. The zero-order chi connectivity index (χ0) is 19.1. The number of amides is 1. The molecular formula is C19H19N3O5. The lowest BCUT2D eigenvalue weighted by Crippen LogP contribution is -2.20. The Bertz CT molecular complexity index is 875. The molecule has 0 bridgehead atoms. The average Bonchev–Trinajstić information content (AvgIpc) is 3.14. The van der Waals surface area contributed by atoms with Crippen molar-refractivity contribution in [1.29, 1.82) is 0 Å². The minimum absolute atomic E-state index is 0.0295. The fourth-order valence-corrected chi connectivity index (χ4v) is 2.27. The fraction of sp³-hybridized carbons (Fsp3) is 0.211. The van der Waals surface area contributed by atoms with Gasteiger partial charge in [-0.2, -0.15) is 0 Å². The monoisotopic (exact) mass is 369 g/mol. The van der Waals surface area contributed by atoms with Gasteiger partial charge in [-0.3, -0.25) is 10.1 Å². The first kappa shape index (κ1) is 18.2. The van der Waals surface area contributed by atoms with Gasteiger partial charge in [0, 0.05) is 0 Å². The lowest BCUT2D eigenvalue weighted by atomic mass is 10.1. The van der Waals surface area contributed by atoms with E-state index in [2.05, 4.69) is 15.5 Å². The van der Waals surface area contributed by atoms with Crippen molar-refractivity contribution in [2.75, 3.05) is 26.1 Å². The molecule has 1 heterocycles. The third kappa shape index (κ3) is 5.21. The second-order valence-electron chi connectivity index (χ2n) is 5.54. The minimum atomic E-state index is -0.398. The number of hydrogen-bond acceptors (Lipinski definition) is 7. The second-order valence-corrected chi connectivity index (χ2v) is 5.54. The third-order valence-corrected chi connectivity index (χ3v) is 3.66. The molecular weight excluding hydrogens is 350 g/mol. The molecule has 1 aromatic heterocycles. The van der Waals surface area contributed by atoms with Crippen LogP contribution in [0, 0.1) is 0 Å². The fourth-order valence-electron chi connectivity index (χ4n) is 2.27. The van der Waals surface area contributed by atoms with Crippen LogP contribution in [0.25, 0.3) is 0 Å². The van der Waals surface area contributed by atoms with E-state index in [1.807, 2.05) is 24.3 Å². The first-order valence-electron chi connectivity index (χ1n) is 8.18. The van der Waals surface area contributed by atoms with Gasteiger partial charge in [0.2, 0.25) is 5.89 Å². The maximum atomic E-state index is 11.9. The summed E-state index contributed by atoms with van der Waals surface area (Å²) >= 11 is 0. The summed E-state index contributed by atoms with van der Waals surface area (Å²) in [6, 6.07) is 14.5. The number of hydrogen-bond donors (Lipinski definition) is 1. The number of nitrogens with zero attached hydrogens (tertiary/aromatic N) is 2. The van der Waals surface area contributed by atoms with Crippen molar-refractivity contribution < 1.29 is 23.4 Å². The largest absolute Gasteiger partial charge is 0.497 e. The maximum Gasteiger partial charge on any atom is 0.322 e. The molecule has 27 heavy (non-hydrogen) atoms. The van der Waals surface area contributed by atoms with E-state index in [0.29, 0.717) is 23.8 Å². The van der Waals surface area contributed by atoms with Gasteiger partial charge in [0.1, 0.15) is 17.2 Å². The molecule has 3 aromatic rings. The van der Waals surface area contributed by atoms with E-state index in [4.69, 9.17) is 18.6 Å². The van der Waals surface area contributed by atoms with E-state index in [1.165, 1.54) is 0 Å². The van der Waals surface area contributed by atoms with Crippen LogP contribution in [-0.2, 0) is 11.2 Å². The summed E-state index contributed by atoms with van der Waals surface area (Å²) in [4.78, 5) is 11.9. The number of carbonyl (C=O) groups is 1. The summed E-state index contributed by atoms with van der Waals surface area (Å²) in [7, 11) is 3.19. The van der Waals surface area contributed by atoms with Gasteiger partial charge in [-0.05, 0) is 42.0 Å². The van der Waals surface area contributed by atoms with E-state index >= 15 is 0 Å². The van der Waals surface area contributed by atoms with Crippen molar-refractivity contribution in [3.05, 3.63) is 60.0 Å². The highest BCUT2D eigenvalue weighted by Gasteiger charge is 2.11. The molecule has 3 rings (SSSR count). The van der Waals surface area contributed by atoms with Gasteiger partial charge in [-0.1, -0.05) is 17.2 Å². The summed E-state index contributed by atoms with van der Waals surface area (Å²) in [6.07, 6.45) is 0.454. The van der Waals surface area contributed by atoms with Crippen molar-refractivity contribution in [2.45, 2.75) is 6.42 Å². The second kappa shape index (κ2) is 8.70. The number of anilines is 1. The van der Waals surface area contributed by atoms with Gasteiger partial charge in [0.25, 0.3) is 5.91 Å². The van der Waals surface area contributed by atoms with Gasteiger partial charge in [0.05, 0.1) is 20.6 Å². The van der Waals surface area contributed by atoms with E-state index < -0.39 is 5.91 Å². The lowest BCUT2D eigenvalue weighted by Gasteiger charge is -2.06. The molecule has 8 nitrogen and oxygen atoms in total. The van der Waals surface area contributed by atoms with Gasteiger partial charge < -0.3 is 18.6 Å². The number of benzene rings is 2. The Kier molecular flexibility index (Phi) is 5.88. The first-order valence-corrected chi connectivity index (χ1v) is 8.18. The van der Waals surface area contributed by atoms with Crippen LogP contribution < -0.4 is 19.5 Å². The Hall–Kier alpha value is -3.55. The average molecular weight is 369 g/mol. The standard InChI is InChI=1S/C19H19N3O5/c1-24-14-5-3-13(4-6-14)11-18-21-22-19(27-18)20-17(23)12-26-16-9-7-15(25-2)8-10-16/h3-10H,11-12H2,1-2H3,(H,20,22,23). The van der Waals surface area contributed by atoms with Crippen LogP contribution >= 0.6 is 0 Å². The van der Waals surface area contributed by atoms with E-state index in [0.717, 1.165) is 11.3 Å².